The maximum absolute atomic E-state index is 12.3. The van der Waals surface area contributed by atoms with Gasteiger partial charge in [0.2, 0.25) is 5.91 Å². The lowest BCUT2D eigenvalue weighted by Gasteiger charge is -2.57. The van der Waals surface area contributed by atoms with Crippen molar-refractivity contribution in [1.82, 2.24) is 15.1 Å². The van der Waals surface area contributed by atoms with Gasteiger partial charge >= 0.3 is 0 Å². The van der Waals surface area contributed by atoms with Crippen LogP contribution < -0.4 is 5.32 Å². The largest absolute Gasteiger partial charge is 0.385 e. The van der Waals surface area contributed by atoms with Crippen LogP contribution in [0.25, 0.3) is 0 Å². The molecule has 0 radical (unpaired) electrons. The summed E-state index contributed by atoms with van der Waals surface area (Å²) in [6, 6.07) is 12.3. The average molecular weight is 428 g/mol. The molecule has 1 aromatic carbocycles. The molecule has 3 heterocycles. The molecular weight excluding hydrogens is 386 g/mol. The summed E-state index contributed by atoms with van der Waals surface area (Å²) >= 11 is 0. The van der Waals surface area contributed by atoms with Crippen molar-refractivity contribution >= 4 is 5.91 Å². The van der Waals surface area contributed by atoms with Gasteiger partial charge < -0.3 is 10.1 Å². The van der Waals surface area contributed by atoms with Crippen molar-refractivity contribution in [3.05, 3.63) is 35.9 Å². The molecule has 1 aromatic rings. The molecule has 5 heteroatoms. The van der Waals surface area contributed by atoms with Crippen molar-refractivity contribution in [3.63, 3.8) is 0 Å². The highest BCUT2D eigenvalue weighted by molar-refractivity contribution is 5.75. The Kier molecular flexibility index (Phi) is 8.40. The number of carbonyl (C=O) groups is 1. The zero-order valence-corrected chi connectivity index (χ0v) is 19.3. The summed E-state index contributed by atoms with van der Waals surface area (Å²) in [6.45, 7) is 6.30. The van der Waals surface area contributed by atoms with Gasteiger partial charge in [-0.3, -0.25) is 14.6 Å². The van der Waals surface area contributed by atoms with E-state index in [1.54, 1.807) is 7.11 Å². The molecule has 4 rings (SSSR count). The lowest BCUT2D eigenvalue weighted by atomic mass is 9.69. The highest BCUT2D eigenvalue weighted by atomic mass is 16.5. The third-order valence-electron chi connectivity index (χ3n) is 7.76. The van der Waals surface area contributed by atoms with Gasteiger partial charge in [0.25, 0.3) is 0 Å². The van der Waals surface area contributed by atoms with E-state index in [4.69, 9.17) is 4.74 Å². The Morgan fingerprint density at radius 3 is 2.74 bits per heavy atom. The molecule has 3 aliphatic heterocycles. The Bertz CT molecular complexity index is 680. The van der Waals surface area contributed by atoms with Gasteiger partial charge in [0.1, 0.15) is 0 Å². The van der Waals surface area contributed by atoms with E-state index in [1.165, 1.54) is 50.9 Å². The Labute approximate surface area is 188 Å². The van der Waals surface area contributed by atoms with E-state index in [2.05, 4.69) is 45.4 Å². The van der Waals surface area contributed by atoms with Crippen molar-refractivity contribution in [2.24, 2.45) is 11.8 Å². The number of piperidine rings is 3. The van der Waals surface area contributed by atoms with Gasteiger partial charge in [-0.15, -0.1) is 0 Å². The summed E-state index contributed by atoms with van der Waals surface area (Å²) in [5, 5.41) is 3.05. The second-order valence-electron chi connectivity index (χ2n) is 9.81. The van der Waals surface area contributed by atoms with Crippen molar-refractivity contribution in [3.8, 4) is 0 Å². The van der Waals surface area contributed by atoms with Crippen LogP contribution in [0.1, 0.15) is 56.9 Å². The molecular formula is C26H41N3O2. The van der Waals surface area contributed by atoms with Gasteiger partial charge in [0.05, 0.1) is 0 Å². The van der Waals surface area contributed by atoms with E-state index in [0.29, 0.717) is 19.1 Å². The monoisotopic (exact) mass is 427 g/mol. The second-order valence-corrected chi connectivity index (χ2v) is 9.81. The molecule has 0 spiro atoms. The van der Waals surface area contributed by atoms with E-state index in [-0.39, 0.29) is 5.91 Å². The molecule has 0 bridgehead atoms. The molecule has 3 fully saturated rings. The van der Waals surface area contributed by atoms with Crippen LogP contribution in [-0.4, -0.2) is 67.7 Å². The first-order valence-corrected chi connectivity index (χ1v) is 12.5. The molecule has 0 aromatic heterocycles. The van der Waals surface area contributed by atoms with E-state index < -0.39 is 0 Å². The molecule has 0 saturated carbocycles. The maximum Gasteiger partial charge on any atom is 0.219 e. The molecule has 172 valence electrons. The van der Waals surface area contributed by atoms with Crippen molar-refractivity contribution < 1.29 is 9.53 Å². The number of hydrogen-bond acceptors (Lipinski definition) is 4. The topological polar surface area (TPSA) is 44.8 Å². The summed E-state index contributed by atoms with van der Waals surface area (Å²) in [7, 11) is 1.70. The van der Waals surface area contributed by atoms with Gasteiger partial charge in [-0.25, -0.2) is 0 Å². The number of hydrogen-bond donors (Lipinski definition) is 1. The lowest BCUT2D eigenvalue weighted by Crippen LogP contribution is -2.64. The van der Waals surface area contributed by atoms with Crippen LogP contribution in [0.4, 0.5) is 0 Å². The molecule has 1 N–H and O–H groups in total. The molecule has 4 atom stereocenters. The molecule has 5 nitrogen and oxygen atoms in total. The minimum Gasteiger partial charge on any atom is -0.385 e. The molecule has 0 unspecified atom stereocenters. The Hall–Kier alpha value is -1.43. The lowest BCUT2D eigenvalue weighted by molar-refractivity contribution is -0.121. The number of ether oxygens (including phenoxy) is 1. The average Bonchev–Trinajstić information content (AvgIpc) is 2.79. The summed E-state index contributed by atoms with van der Waals surface area (Å²) in [5.41, 5.74) is 1.42. The van der Waals surface area contributed by atoms with Crippen LogP contribution in [0.15, 0.2) is 30.3 Å². The van der Waals surface area contributed by atoms with Crippen LogP contribution in [0.5, 0.6) is 0 Å². The van der Waals surface area contributed by atoms with E-state index in [0.717, 1.165) is 50.2 Å². The fraction of sp³-hybridized carbons (Fsp3) is 0.731. The first kappa shape index (κ1) is 22.8. The predicted molar refractivity (Wildman–Crippen MR) is 125 cm³/mol. The highest BCUT2D eigenvalue weighted by Gasteiger charge is 2.48. The minimum atomic E-state index is 0.197. The standard InChI is InChI=1S/C26H41N3O2/c1-31-18-8-15-27-25(30)14-5-13-24-23-12-7-17-28-16-6-11-22(26(23)28)20-29(24)19-21-9-3-2-4-10-21/h2-4,9-10,22-24,26H,5-8,11-20H2,1H3,(H,27,30)/t22-,23+,24+,26-/m0/s1. The van der Waals surface area contributed by atoms with Gasteiger partial charge in [0, 0.05) is 51.9 Å². The van der Waals surface area contributed by atoms with Gasteiger partial charge in [-0.2, -0.15) is 0 Å². The van der Waals surface area contributed by atoms with Crippen molar-refractivity contribution in [2.45, 2.75) is 70.0 Å². The summed E-state index contributed by atoms with van der Waals surface area (Å²) in [6.07, 6.45) is 9.10. The minimum absolute atomic E-state index is 0.197. The van der Waals surface area contributed by atoms with E-state index in [9.17, 15) is 4.79 Å². The van der Waals surface area contributed by atoms with Crippen LogP contribution in [0, 0.1) is 11.8 Å². The number of nitrogens with zero attached hydrogens (tertiary/aromatic N) is 2. The number of rotatable bonds is 10. The van der Waals surface area contributed by atoms with Crippen LogP contribution >= 0.6 is 0 Å². The third kappa shape index (κ3) is 5.88. The number of nitrogens with one attached hydrogen (secondary N) is 1. The van der Waals surface area contributed by atoms with E-state index >= 15 is 0 Å². The van der Waals surface area contributed by atoms with Gasteiger partial charge in [-0.05, 0) is 75.4 Å². The second kappa shape index (κ2) is 11.4. The normalized spacial score (nSPS) is 28.8. The fourth-order valence-electron chi connectivity index (χ4n) is 6.48. The van der Waals surface area contributed by atoms with Crippen LogP contribution in [0.2, 0.25) is 0 Å². The molecule has 1 amide bonds. The van der Waals surface area contributed by atoms with Gasteiger partial charge in [0.15, 0.2) is 0 Å². The number of likely N-dealkylation sites (tertiary alicyclic amines) is 1. The number of benzene rings is 1. The van der Waals surface area contributed by atoms with Crippen LogP contribution in [-0.2, 0) is 16.1 Å². The highest BCUT2D eigenvalue weighted by Crippen LogP contribution is 2.43. The molecule has 3 saturated heterocycles. The SMILES string of the molecule is COCCCNC(=O)CCC[C@@H]1[C@H]2CCCN3CCC[C@@H](CN1Cc1ccccc1)[C@@H]23. The zero-order valence-electron chi connectivity index (χ0n) is 19.3. The summed E-state index contributed by atoms with van der Waals surface area (Å²) in [5.74, 6) is 1.78. The van der Waals surface area contributed by atoms with Crippen LogP contribution in [0.3, 0.4) is 0 Å². The third-order valence-corrected chi connectivity index (χ3v) is 7.76. The van der Waals surface area contributed by atoms with Gasteiger partial charge in [-0.1, -0.05) is 30.3 Å². The fourth-order valence-corrected chi connectivity index (χ4v) is 6.48. The zero-order chi connectivity index (χ0) is 21.5. The van der Waals surface area contributed by atoms with Crippen molar-refractivity contribution in [1.29, 1.82) is 0 Å². The Balaban J connectivity index is 1.39. The smallest absolute Gasteiger partial charge is 0.219 e. The molecule has 0 aliphatic carbocycles. The molecule has 31 heavy (non-hydrogen) atoms. The maximum atomic E-state index is 12.3. The Morgan fingerprint density at radius 2 is 1.94 bits per heavy atom. The summed E-state index contributed by atoms with van der Waals surface area (Å²) in [4.78, 5) is 17.9. The first-order chi connectivity index (χ1) is 15.3. The molecule has 3 aliphatic rings. The number of amides is 1. The Morgan fingerprint density at radius 1 is 1.13 bits per heavy atom. The van der Waals surface area contributed by atoms with E-state index in [1.807, 2.05) is 0 Å². The number of methoxy groups -OCH3 is 1. The predicted octanol–water partition coefficient (Wildman–Crippen LogP) is 3.68. The first-order valence-electron chi connectivity index (χ1n) is 12.5. The quantitative estimate of drug-likeness (QED) is 0.579. The summed E-state index contributed by atoms with van der Waals surface area (Å²) < 4.78 is 5.07. The number of carbonyl (C=O) groups excluding carboxylic acids is 1. The van der Waals surface area contributed by atoms with Crippen molar-refractivity contribution in [2.75, 3.05) is 39.9 Å².